The summed E-state index contributed by atoms with van der Waals surface area (Å²) >= 11 is 0. The molecular weight excluding hydrogens is 444 g/mol. The van der Waals surface area contributed by atoms with Gasteiger partial charge in [0.1, 0.15) is 13.2 Å². The lowest BCUT2D eigenvalue weighted by molar-refractivity contribution is -0.152. The molecule has 0 bridgehead atoms. The number of benzene rings is 2. The molecular formula is C28H36N2O5. The summed E-state index contributed by atoms with van der Waals surface area (Å²) in [6.07, 6.45) is -0.597. The van der Waals surface area contributed by atoms with Crippen LogP contribution in [0.5, 0.6) is 0 Å². The molecule has 0 aromatic heterocycles. The highest BCUT2D eigenvalue weighted by Crippen LogP contribution is 2.44. The third kappa shape index (κ3) is 5.50. The summed E-state index contributed by atoms with van der Waals surface area (Å²) in [7, 11) is 0. The van der Waals surface area contributed by atoms with E-state index in [4.69, 9.17) is 4.74 Å². The number of ether oxygens (including phenoxy) is 1. The summed E-state index contributed by atoms with van der Waals surface area (Å²) in [6, 6.07) is 15.4. The summed E-state index contributed by atoms with van der Waals surface area (Å²) < 4.78 is 5.70. The zero-order valence-corrected chi connectivity index (χ0v) is 21.4. The van der Waals surface area contributed by atoms with Crippen LogP contribution in [0, 0.1) is 11.3 Å². The normalized spacial score (nSPS) is 13.8. The Kier molecular flexibility index (Phi) is 7.88. The zero-order valence-electron chi connectivity index (χ0n) is 21.4. The van der Waals surface area contributed by atoms with Crippen molar-refractivity contribution in [3.8, 4) is 11.1 Å². The van der Waals surface area contributed by atoms with Gasteiger partial charge in [-0.1, -0.05) is 62.4 Å². The summed E-state index contributed by atoms with van der Waals surface area (Å²) in [6.45, 7) is 10.6. The Hall–Kier alpha value is -3.35. The van der Waals surface area contributed by atoms with Crippen LogP contribution in [-0.4, -0.2) is 53.2 Å². The Labute approximate surface area is 207 Å². The van der Waals surface area contributed by atoms with Crippen molar-refractivity contribution in [2.75, 3.05) is 13.2 Å². The number of nitrogens with zero attached hydrogens (tertiary/aromatic N) is 1. The number of carboxylic acids is 1. The molecule has 2 aromatic carbocycles. The Morgan fingerprint density at radius 2 is 1.49 bits per heavy atom. The molecule has 2 N–H and O–H groups in total. The minimum atomic E-state index is -1.08. The van der Waals surface area contributed by atoms with Crippen LogP contribution in [0.1, 0.15) is 58.6 Å². The van der Waals surface area contributed by atoms with Crippen LogP contribution >= 0.6 is 0 Å². The van der Waals surface area contributed by atoms with Crippen LogP contribution in [0.2, 0.25) is 0 Å². The Morgan fingerprint density at radius 1 is 0.971 bits per heavy atom. The molecule has 0 spiro atoms. The van der Waals surface area contributed by atoms with E-state index in [2.05, 4.69) is 29.6 Å². The van der Waals surface area contributed by atoms with Crippen LogP contribution in [0.15, 0.2) is 48.5 Å². The van der Waals surface area contributed by atoms with Gasteiger partial charge in [0, 0.05) is 18.0 Å². The lowest BCUT2D eigenvalue weighted by atomic mass is 9.77. The van der Waals surface area contributed by atoms with E-state index < -0.39 is 30.1 Å². The quantitative estimate of drug-likeness (QED) is 0.532. The van der Waals surface area contributed by atoms with E-state index in [-0.39, 0.29) is 30.4 Å². The molecule has 1 atom stereocenters. The topological polar surface area (TPSA) is 95.9 Å². The number of hydrogen-bond donors (Lipinski definition) is 2. The molecule has 3 rings (SSSR count). The lowest BCUT2D eigenvalue weighted by Gasteiger charge is -2.40. The maximum atomic E-state index is 13.4. The molecule has 188 valence electrons. The summed E-state index contributed by atoms with van der Waals surface area (Å²) in [5.74, 6) is -1.55. The smallest absolute Gasteiger partial charge is 0.407 e. The molecule has 35 heavy (non-hydrogen) atoms. The number of nitrogens with one attached hydrogen (secondary N) is 1. The second kappa shape index (κ2) is 10.5. The highest BCUT2D eigenvalue weighted by atomic mass is 16.5. The molecule has 7 nitrogen and oxygen atoms in total. The molecule has 0 heterocycles. The molecule has 0 radical (unpaired) electrons. The van der Waals surface area contributed by atoms with Crippen molar-refractivity contribution < 1.29 is 24.2 Å². The fourth-order valence-corrected chi connectivity index (χ4v) is 5.09. The van der Waals surface area contributed by atoms with E-state index >= 15 is 0 Å². The van der Waals surface area contributed by atoms with E-state index in [9.17, 15) is 19.5 Å². The van der Waals surface area contributed by atoms with E-state index in [1.54, 1.807) is 27.7 Å². The van der Waals surface area contributed by atoms with Gasteiger partial charge in [-0.05, 0) is 55.9 Å². The van der Waals surface area contributed by atoms with Crippen molar-refractivity contribution in [2.45, 2.75) is 59.5 Å². The van der Waals surface area contributed by atoms with Crippen molar-refractivity contribution in [2.24, 2.45) is 11.3 Å². The zero-order chi connectivity index (χ0) is 25.9. The molecule has 1 aliphatic carbocycles. The van der Waals surface area contributed by atoms with E-state index in [1.807, 2.05) is 38.1 Å². The van der Waals surface area contributed by atoms with Gasteiger partial charge in [0.15, 0.2) is 0 Å². The first-order chi connectivity index (χ1) is 16.4. The Bertz CT molecular complexity index is 1050. The number of carbonyl (C=O) groups excluding carboxylic acids is 2. The summed E-state index contributed by atoms with van der Waals surface area (Å²) in [5.41, 5.74) is 3.50. The van der Waals surface area contributed by atoms with Gasteiger partial charge >= 0.3 is 12.1 Å². The molecule has 0 saturated heterocycles. The number of aliphatic carboxylic acids is 1. The van der Waals surface area contributed by atoms with Gasteiger partial charge in [-0.25, -0.2) is 4.79 Å². The van der Waals surface area contributed by atoms with Crippen molar-refractivity contribution in [3.05, 3.63) is 59.7 Å². The van der Waals surface area contributed by atoms with Gasteiger partial charge in [-0.3, -0.25) is 9.59 Å². The number of carbonyl (C=O) groups is 3. The number of carboxylic acid groups (broad SMARTS) is 1. The second-order valence-electron chi connectivity index (χ2n) is 10.3. The molecule has 7 heteroatoms. The first-order valence-corrected chi connectivity index (χ1v) is 12.1. The van der Waals surface area contributed by atoms with Crippen molar-refractivity contribution >= 4 is 18.0 Å². The van der Waals surface area contributed by atoms with E-state index in [0.717, 1.165) is 22.3 Å². The Morgan fingerprint density at radius 3 is 1.94 bits per heavy atom. The largest absolute Gasteiger partial charge is 0.480 e. The molecule has 1 unspecified atom stereocenters. The molecule has 0 aliphatic heterocycles. The van der Waals surface area contributed by atoms with Crippen LogP contribution in [0.25, 0.3) is 11.1 Å². The average Bonchev–Trinajstić information content (AvgIpc) is 3.12. The SMILES string of the molecule is CC(C)C(NC(=O)OCC1c2ccccc2-c2ccccc21)C(C)(C)C(=O)N(CC(=O)O)C(C)C. The third-order valence-electron chi connectivity index (χ3n) is 6.80. The predicted molar refractivity (Wildman–Crippen MR) is 135 cm³/mol. The number of alkyl carbamates (subject to hydrolysis) is 1. The van der Waals surface area contributed by atoms with E-state index in [0.29, 0.717) is 0 Å². The van der Waals surface area contributed by atoms with Gasteiger partial charge in [0.05, 0.1) is 5.41 Å². The van der Waals surface area contributed by atoms with E-state index in [1.165, 1.54) is 4.90 Å². The molecule has 1 aliphatic rings. The molecule has 2 amide bonds. The molecule has 2 aromatic rings. The first kappa shape index (κ1) is 26.3. The van der Waals surface area contributed by atoms with Crippen LogP contribution in [-0.2, 0) is 14.3 Å². The van der Waals surface area contributed by atoms with Gasteiger partial charge in [0.25, 0.3) is 0 Å². The fourth-order valence-electron chi connectivity index (χ4n) is 5.09. The van der Waals surface area contributed by atoms with Gasteiger partial charge in [-0.15, -0.1) is 0 Å². The van der Waals surface area contributed by atoms with Crippen molar-refractivity contribution in [1.29, 1.82) is 0 Å². The molecule has 0 saturated carbocycles. The van der Waals surface area contributed by atoms with Gasteiger partial charge in [0.2, 0.25) is 5.91 Å². The minimum absolute atomic E-state index is 0.0627. The number of hydrogen-bond acceptors (Lipinski definition) is 4. The number of fused-ring (bicyclic) bond motifs is 3. The van der Waals surface area contributed by atoms with Crippen LogP contribution < -0.4 is 5.32 Å². The first-order valence-electron chi connectivity index (χ1n) is 12.1. The van der Waals surface area contributed by atoms with Crippen molar-refractivity contribution in [3.63, 3.8) is 0 Å². The summed E-state index contributed by atoms with van der Waals surface area (Å²) in [4.78, 5) is 39.0. The second-order valence-corrected chi connectivity index (χ2v) is 10.3. The monoisotopic (exact) mass is 480 g/mol. The number of rotatable bonds is 9. The standard InChI is InChI=1S/C28H36N2O5/c1-17(2)25(28(5,6)26(33)30(18(3)4)15-24(31)32)29-27(34)35-16-23-21-13-9-7-11-19(21)20-12-8-10-14-22(20)23/h7-14,17-18,23,25H,15-16H2,1-6H3,(H,29,34)(H,31,32). The predicted octanol–water partition coefficient (Wildman–Crippen LogP) is 4.90. The average molecular weight is 481 g/mol. The third-order valence-corrected chi connectivity index (χ3v) is 6.80. The number of amides is 2. The van der Waals surface area contributed by atoms with Gasteiger partial charge < -0.3 is 20.1 Å². The summed E-state index contributed by atoms with van der Waals surface area (Å²) in [5, 5.41) is 12.2. The highest BCUT2D eigenvalue weighted by molar-refractivity contribution is 5.87. The Balaban J connectivity index is 1.74. The fraction of sp³-hybridized carbons (Fsp3) is 0.464. The maximum Gasteiger partial charge on any atom is 0.407 e. The lowest BCUT2D eigenvalue weighted by Crippen LogP contribution is -2.57. The maximum absolute atomic E-state index is 13.4. The van der Waals surface area contributed by atoms with Crippen LogP contribution in [0.3, 0.4) is 0 Å². The molecule has 0 fully saturated rings. The highest BCUT2D eigenvalue weighted by Gasteiger charge is 2.43. The van der Waals surface area contributed by atoms with Gasteiger partial charge in [-0.2, -0.15) is 0 Å². The minimum Gasteiger partial charge on any atom is -0.480 e. The van der Waals surface area contributed by atoms with Crippen molar-refractivity contribution in [1.82, 2.24) is 10.2 Å². The van der Waals surface area contributed by atoms with Crippen LogP contribution in [0.4, 0.5) is 4.79 Å².